The lowest BCUT2D eigenvalue weighted by atomic mass is 10.0. The second-order valence-electron chi connectivity index (χ2n) is 5.88. The Kier molecular flexibility index (Phi) is 5.45. The fraction of sp³-hybridized carbons (Fsp3) is 0.238. The second kappa shape index (κ2) is 7.95. The van der Waals surface area contributed by atoms with Crippen molar-refractivity contribution in [3.63, 3.8) is 0 Å². The number of ether oxygens (including phenoxy) is 2. The molecular formula is C21H21NO5. The first-order valence-corrected chi connectivity index (χ1v) is 8.74. The number of benzene rings is 2. The van der Waals surface area contributed by atoms with Crippen molar-refractivity contribution in [3.8, 4) is 22.6 Å². The largest absolute Gasteiger partial charge is 0.496 e. The van der Waals surface area contributed by atoms with Crippen molar-refractivity contribution in [2.24, 2.45) is 0 Å². The minimum Gasteiger partial charge on any atom is -0.496 e. The number of hydrogen-bond acceptors (Lipinski definition) is 5. The summed E-state index contributed by atoms with van der Waals surface area (Å²) in [5, 5.41) is 0.404. The predicted octanol–water partition coefficient (Wildman–Crippen LogP) is 4.31. The molecule has 0 N–H and O–H groups in total. The Morgan fingerprint density at radius 1 is 1.07 bits per heavy atom. The molecule has 0 bridgehead atoms. The van der Waals surface area contributed by atoms with E-state index in [-0.39, 0.29) is 5.43 Å². The normalized spacial score (nSPS) is 10.6. The molecule has 1 amide bonds. The number of methoxy groups -OCH3 is 1. The van der Waals surface area contributed by atoms with Gasteiger partial charge in [-0.2, -0.15) is 0 Å². The highest BCUT2D eigenvalue weighted by Gasteiger charge is 2.15. The zero-order valence-electron chi connectivity index (χ0n) is 15.5. The third kappa shape index (κ3) is 3.65. The molecule has 1 aromatic heterocycles. The van der Waals surface area contributed by atoms with E-state index in [0.29, 0.717) is 46.7 Å². The minimum absolute atomic E-state index is 0.178. The van der Waals surface area contributed by atoms with Crippen molar-refractivity contribution in [1.82, 2.24) is 4.90 Å². The van der Waals surface area contributed by atoms with Crippen LogP contribution in [0.1, 0.15) is 13.8 Å². The Morgan fingerprint density at radius 2 is 1.81 bits per heavy atom. The third-order valence-electron chi connectivity index (χ3n) is 4.37. The van der Waals surface area contributed by atoms with E-state index in [4.69, 9.17) is 13.9 Å². The summed E-state index contributed by atoms with van der Waals surface area (Å²) in [6.45, 7) is 4.87. The zero-order chi connectivity index (χ0) is 19.4. The molecule has 0 radical (unpaired) electrons. The maximum absolute atomic E-state index is 12.9. The van der Waals surface area contributed by atoms with E-state index in [1.807, 2.05) is 26.0 Å². The van der Waals surface area contributed by atoms with Gasteiger partial charge in [-0.25, -0.2) is 4.79 Å². The highest BCUT2D eigenvalue weighted by molar-refractivity contribution is 5.84. The molecule has 6 heteroatoms. The lowest BCUT2D eigenvalue weighted by Gasteiger charge is -2.17. The summed E-state index contributed by atoms with van der Waals surface area (Å²) in [5.41, 5.74) is 1.24. The molecule has 0 saturated heterocycles. The molecule has 0 aliphatic carbocycles. The molecule has 3 aromatic rings. The van der Waals surface area contributed by atoms with Gasteiger partial charge in [0.25, 0.3) is 0 Å². The van der Waals surface area contributed by atoms with Crippen molar-refractivity contribution < 1.29 is 18.7 Å². The minimum atomic E-state index is -0.438. The van der Waals surface area contributed by atoms with Gasteiger partial charge in [-0.3, -0.25) is 4.79 Å². The van der Waals surface area contributed by atoms with Crippen molar-refractivity contribution in [2.45, 2.75) is 13.8 Å². The molecule has 0 aliphatic heterocycles. The van der Waals surface area contributed by atoms with Crippen LogP contribution in [0, 0.1) is 0 Å². The van der Waals surface area contributed by atoms with Crippen LogP contribution in [0.25, 0.3) is 22.1 Å². The molecule has 0 fully saturated rings. The average molecular weight is 367 g/mol. The van der Waals surface area contributed by atoms with Crippen LogP contribution < -0.4 is 14.9 Å². The Balaban J connectivity index is 1.99. The van der Waals surface area contributed by atoms with Gasteiger partial charge in [0.15, 0.2) is 0 Å². The number of hydrogen-bond donors (Lipinski definition) is 0. The lowest BCUT2D eigenvalue weighted by Crippen LogP contribution is -2.33. The first kappa shape index (κ1) is 18.5. The lowest BCUT2D eigenvalue weighted by molar-refractivity contribution is 0.157. The number of para-hydroxylation sites is 1. The van der Waals surface area contributed by atoms with E-state index in [1.165, 1.54) is 6.26 Å². The highest BCUT2D eigenvalue weighted by atomic mass is 16.6. The van der Waals surface area contributed by atoms with E-state index >= 15 is 0 Å². The summed E-state index contributed by atoms with van der Waals surface area (Å²) in [5.74, 6) is 0.918. The Morgan fingerprint density at radius 3 is 2.52 bits per heavy atom. The molecule has 6 nitrogen and oxygen atoms in total. The molecule has 2 aromatic carbocycles. The second-order valence-corrected chi connectivity index (χ2v) is 5.88. The summed E-state index contributed by atoms with van der Waals surface area (Å²) in [6.07, 6.45) is 0.964. The molecule has 27 heavy (non-hydrogen) atoms. The third-order valence-corrected chi connectivity index (χ3v) is 4.37. The monoisotopic (exact) mass is 367 g/mol. The maximum atomic E-state index is 12.9. The fourth-order valence-electron chi connectivity index (χ4n) is 2.87. The number of carbonyl (C=O) groups is 1. The summed E-state index contributed by atoms with van der Waals surface area (Å²) in [4.78, 5) is 26.5. The van der Waals surface area contributed by atoms with Gasteiger partial charge in [0.05, 0.1) is 18.1 Å². The van der Waals surface area contributed by atoms with Gasteiger partial charge in [0.2, 0.25) is 5.43 Å². The Labute approximate surface area is 156 Å². The Hall–Kier alpha value is -3.28. The van der Waals surface area contributed by atoms with E-state index < -0.39 is 6.09 Å². The molecule has 0 spiro atoms. The number of fused-ring (bicyclic) bond motifs is 1. The SMILES string of the molecule is CCN(CC)C(=O)Oc1ccc2c(=O)c(-c3ccccc3OC)coc2c1. The zero-order valence-corrected chi connectivity index (χ0v) is 15.5. The topological polar surface area (TPSA) is 69.0 Å². The molecule has 0 saturated carbocycles. The van der Waals surface area contributed by atoms with Crippen molar-refractivity contribution in [1.29, 1.82) is 0 Å². The van der Waals surface area contributed by atoms with Crippen molar-refractivity contribution >= 4 is 17.1 Å². The van der Waals surface area contributed by atoms with Gasteiger partial charge < -0.3 is 18.8 Å². The van der Waals surface area contributed by atoms with E-state index in [1.54, 1.807) is 42.3 Å². The van der Waals surface area contributed by atoms with Crippen LogP contribution >= 0.6 is 0 Å². The van der Waals surface area contributed by atoms with Crippen LogP contribution in [-0.4, -0.2) is 31.2 Å². The van der Waals surface area contributed by atoms with Gasteiger partial charge in [0.1, 0.15) is 23.3 Å². The number of amides is 1. The van der Waals surface area contributed by atoms with E-state index in [0.717, 1.165) is 0 Å². The fourth-order valence-corrected chi connectivity index (χ4v) is 2.87. The number of rotatable bonds is 5. The van der Waals surface area contributed by atoms with Crippen LogP contribution in [0.15, 0.2) is 57.9 Å². The van der Waals surface area contributed by atoms with Gasteiger partial charge in [-0.15, -0.1) is 0 Å². The van der Waals surface area contributed by atoms with Crippen LogP contribution in [0.5, 0.6) is 11.5 Å². The molecular weight excluding hydrogens is 346 g/mol. The molecule has 140 valence electrons. The van der Waals surface area contributed by atoms with Crippen LogP contribution in [0.3, 0.4) is 0 Å². The maximum Gasteiger partial charge on any atom is 0.415 e. The molecule has 0 atom stereocenters. The van der Waals surface area contributed by atoms with Gasteiger partial charge in [-0.1, -0.05) is 18.2 Å². The van der Waals surface area contributed by atoms with Crippen LogP contribution in [0.4, 0.5) is 4.79 Å². The van der Waals surface area contributed by atoms with E-state index in [2.05, 4.69) is 0 Å². The summed E-state index contributed by atoms with van der Waals surface area (Å²) in [6, 6.07) is 12.0. The smallest absolute Gasteiger partial charge is 0.415 e. The van der Waals surface area contributed by atoms with Gasteiger partial charge in [-0.05, 0) is 32.0 Å². The molecule has 0 unspecified atom stereocenters. The quantitative estimate of drug-likeness (QED) is 0.672. The molecule has 0 aliphatic rings. The summed E-state index contributed by atoms with van der Waals surface area (Å²) >= 11 is 0. The number of nitrogens with zero attached hydrogens (tertiary/aromatic N) is 1. The van der Waals surface area contributed by atoms with E-state index in [9.17, 15) is 9.59 Å². The highest BCUT2D eigenvalue weighted by Crippen LogP contribution is 2.29. The van der Waals surface area contributed by atoms with Crippen molar-refractivity contribution in [2.75, 3.05) is 20.2 Å². The molecule has 1 heterocycles. The van der Waals surface area contributed by atoms with Gasteiger partial charge in [0, 0.05) is 24.7 Å². The summed E-state index contributed by atoms with van der Waals surface area (Å²) < 4.78 is 16.3. The van der Waals surface area contributed by atoms with Crippen molar-refractivity contribution in [3.05, 3.63) is 59.0 Å². The molecule has 3 rings (SSSR count). The standard InChI is InChI=1S/C21H21NO5/c1-4-22(5-2)21(24)27-14-10-11-16-19(12-14)26-13-17(20(16)23)15-8-6-7-9-18(15)25-3/h6-13H,4-5H2,1-3H3. The number of carbonyl (C=O) groups excluding carboxylic acids is 1. The van der Waals surface area contributed by atoms with Crippen LogP contribution in [0.2, 0.25) is 0 Å². The summed E-state index contributed by atoms with van der Waals surface area (Å²) in [7, 11) is 1.55. The average Bonchev–Trinajstić information content (AvgIpc) is 2.69. The predicted molar refractivity (Wildman–Crippen MR) is 103 cm³/mol. The first-order chi connectivity index (χ1) is 13.1. The first-order valence-electron chi connectivity index (χ1n) is 8.74. The Bertz CT molecular complexity index is 1020. The van der Waals surface area contributed by atoms with Gasteiger partial charge >= 0.3 is 6.09 Å². The van der Waals surface area contributed by atoms with Crippen LogP contribution in [-0.2, 0) is 0 Å².